The zero-order valence-corrected chi connectivity index (χ0v) is 10.7. The fourth-order valence-electron chi connectivity index (χ4n) is 1.65. The Labute approximate surface area is 105 Å². The van der Waals surface area contributed by atoms with Crippen LogP contribution in [0.1, 0.15) is 27.9 Å². The number of amides is 1. The third-order valence-corrected chi connectivity index (χ3v) is 2.69. The normalized spacial score (nSPS) is 10.2. The van der Waals surface area contributed by atoms with Gasteiger partial charge in [-0.1, -0.05) is 0 Å². The van der Waals surface area contributed by atoms with Gasteiger partial charge in [0.1, 0.15) is 5.82 Å². The number of hydrogen-bond acceptors (Lipinski definition) is 2. The van der Waals surface area contributed by atoms with Crippen LogP contribution in [0.15, 0.2) is 12.1 Å². The first-order valence-corrected chi connectivity index (χ1v) is 5.57. The zero-order valence-electron chi connectivity index (χ0n) is 10.7. The molecule has 0 heterocycles. The molecule has 0 aliphatic heterocycles. The Balaban J connectivity index is 2.87. The molecule has 0 saturated heterocycles. The Hall–Kier alpha value is -1.91. The van der Waals surface area contributed by atoms with Crippen LogP contribution in [0.2, 0.25) is 0 Å². The number of aliphatic carboxylic acids is 1. The monoisotopic (exact) mass is 253 g/mol. The highest BCUT2D eigenvalue weighted by Crippen LogP contribution is 2.16. The van der Waals surface area contributed by atoms with Gasteiger partial charge in [0.25, 0.3) is 5.91 Å². The first-order valence-electron chi connectivity index (χ1n) is 5.57. The number of nitrogens with zero attached hydrogens (tertiary/aromatic N) is 1. The minimum atomic E-state index is -0.957. The minimum absolute atomic E-state index is 0.110. The lowest BCUT2D eigenvalue weighted by Crippen LogP contribution is -2.29. The summed E-state index contributed by atoms with van der Waals surface area (Å²) in [7, 11) is 1.53. The van der Waals surface area contributed by atoms with Gasteiger partial charge in [0.15, 0.2) is 0 Å². The molecule has 1 amide bonds. The second-order valence-electron chi connectivity index (χ2n) is 4.29. The van der Waals surface area contributed by atoms with Crippen molar-refractivity contribution in [2.24, 2.45) is 0 Å². The lowest BCUT2D eigenvalue weighted by Gasteiger charge is -2.17. The fourth-order valence-corrected chi connectivity index (χ4v) is 1.65. The second-order valence-corrected chi connectivity index (χ2v) is 4.29. The van der Waals surface area contributed by atoms with Crippen molar-refractivity contribution in [3.8, 4) is 0 Å². The molecule has 0 fully saturated rings. The maximum atomic E-state index is 13.4. The summed E-state index contributed by atoms with van der Waals surface area (Å²) in [5, 5.41) is 8.55. The van der Waals surface area contributed by atoms with Crippen LogP contribution in [0.3, 0.4) is 0 Å². The maximum absolute atomic E-state index is 13.4. The van der Waals surface area contributed by atoms with Crippen LogP contribution in [0.25, 0.3) is 0 Å². The summed E-state index contributed by atoms with van der Waals surface area (Å²) >= 11 is 0. The molecule has 4 nitrogen and oxygen atoms in total. The third-order valence-electron chi connectivity index (χ3n) is 2.69. The molecule has 0 saturated carbocycles. The van der Waals surface area contributed by atoms with E-state index in [1.54, 1.807) is 13.8 Å². The third kappa shape index (κ3) is 3.29. The van der Waals surface area contributed by atoms with Gasteiger partial charge in [-0.15, -0.1) is 0 Å². The van der Waals surface area contributed by atoms with E-state index in [1.807, 2.05) is 0 Å². The Kier molecular flexibility index (Phi) is 4.42. The molecule has 0 bridgehead atoms. The molecule has 1 N–H and O–H groups in total. The van der Waals surface area contributed by atoms with E-state index in [9.17, 15) is 14.0 Å². The summed E-state index contributed by atoms with van der Waals surface area (Å²) in [5.41, 5.74) is 1.19. The number of halogens is 1. The van der Waals surface area contributed by atoms with Crippen molar-refractivity contribution in [1.29, 1.82) is 0 Å². The van der Waals surface area contributed by atoms with Crippen LogP contribution >= 0.6 is 0 Å². The molecular weight excluding hydrogens is 237 g/mol. The van der Waals surface area contributed by atoms with Crippen LogP contribution in [0, 0.1) is 19.7 Å². The Morgan fingerprint density at radius 3 is 2.22 bits per heavy atom. The molecule has 0 unspecified atom stereocenters. The summed E-state index contributed by atoms with van der Waals surface area (Å²) in [6.45, 7) is 3.32. The number of carboxylic acid groups (broad SMARTS) is 1. The van der Waals surface area contributed by atoms with Gasteiger partial charge in [0, 0.05) is 19.2 Å². The number of hydrogen-bond donors (Lipinski definition) is 1. The van der Waals surface area contributed by atoms with Gasteiger partial charge in [0.2, 0.25) is 0 Å². The summed E-state index contributed by atoms with van der Waals surface area (Å²) < 4.78 is 13.4. The highest BCUT2D eigenvalue weighted by atomic mass is 19.1. The number of carbonyl (C=O) groups is 2. The van der Waals surface area contributed by atoms with E-state index in [0.717, 1.165) is 0 Å². The molecule has 1 aromatic carbocycles. The maximum Gasteiger partial charge on any atom is 0.305 e. The van der Waals surface area contributed by atoms with Gasteiger partial charge in [-0.05, 0) is 37.1 Å². The van der Waals surface area contributed by atoms with Crippen molar-refractivity contribution in [3.05, 3.63) is 34.6 Å². The largest absolute Gasteiger partial charge is 0.481 e. The number of aryl methyl sites for hydroxylation is 2. The second kappa shape index (κ2) is 5.62. The van der Waals surface area contributed by atoms with E-state index in [1.165, 1.54) is 24.1 Å². The van der Waals surface area contributed by atoms with Crippen molar-refractivity contribution in [2.75, 3.05) is 13.6 Å². The van der Waals surface area contributed by atoms with E-state index < -0.39 is 5.97 Å². The van der Waals surface area contributed by atoms with E-state index >= 15 is 0 Å². The summed E-state index contributed by atoms with van der Waals surface area (Å²) in [5.74, 6) is -1.58. The van der Waals surface area contributed by atoms with Crippen molar-refractivity contribution >= 4 is 11.9 Å². The van der Waals surface area contributed by atoms with E-state index in [-0.39, 0.29) is 24.7 Å². The van der Waals surface area contributed by atoms with Gasteiger partial charge in [-0.25, -0.2) is 4.39 Å². The lowest BCUT2D eigenvalue weighted by atomic mass is 10.1. The van der Waals surface area contributed by atoms with Gasteiger partial charge in [-0.2, -0.15) is 0 Å². The Bertz CT molecular complexity index is 462. The number of benzene rings is 1. The Morgan fingerprint density at radius 1 is 1.28 bits per heavy atom. The molecule has 0 radical (unpaired) electrons. The molecule has 0 aliphatic rings. The number of rotatable bonds is 4. The number of carboxylic acids is 1. The molecule has 0 atom stereocenters. The van der Waals surface area contributed by atoms with Crippen LogP contribution in [-0.2, 0) is 4.79 Å². The quantitative estimate of drug-likeness (QED) is 0.892. The molecule has 0 aliphatic carbocycles. The smallest absolute Gasteiger partial charge is 0.305 e. The first-order chi connectivity index (χ1) is 8.32. The molecule has 1 rings (SSSR count). The van der Waals surface area contributed by atoms with Crippen LogP contribution in [0.5, 0.6) is 0 Å². The predicted molar refractivity (Wildman–Crippen MR) is 65.1 cm³/mol. The first kappa shape index (κ1) is 14.2. The topological polar surface area (TPSA) is 57.6 Å². The van der Waals surface area contributed by atoms with Crippen LogP contribution < -0.4 is 0 Å². The summed E-state index contributed by atoms with van der Waals surface area (Å²) in [6, 6.07) is 2.95. The van der Waals surface area contributed by atoms with E-state index in [0.29, 0.717) is 16.7 Å². The van der Waals surface area contributed by atoms with Crippen LogP contribution in [0.4, 0.5) is 4.39 Å². The van der Waals surface area contributed by atoms with Gasteiger partial charge in [-0.3, -0.25) is 9.59 Å². The van der Waals surface area contributed by atoms with Gasteiger partial charge < -0.3 is 10.0 Å². The summed E-state index contributed by atoms with van der Waals surface area (Å²) in [4.78, 5) is 23.7. The average Bonchev–Trinajstić information content (AvgIpc) is 2.31. The molecule has 0 spiro atoms. The van der Waals surface area contributed by atoms with Crippen LogP contribution in [-0.4, -0.2) is 35.5 Å². The standard InChI is InChI=1S/C13H16FNO3/c1-8-6-10(7-9(2)12(8)14)13(18)15(3)5-4-11(16)17/h6-7H,4-5H2,1-3H3,(H,16,17). The molecule has 0 aromatic heterocycles. The van der Waals surface area contributed by atoms with Crippen molar-refractivity contribution < 1.29 is 19.1 Å². The SMILES string of the molecule is Cc1cc(C(=O)N(C)CCC(=O)O)cc(C)c1F. The van der Waals surface area contributed by atoms with Crippen molar-refractivity contribution in [2.45, 2.75) is 20.3 Å². The summed E-state index contributed by atoms with van der Waals surface area (Å²) in [6.07, 6.45) is -0.110. The molecule has 18 heavy (non-hydrogen) atoms. The lowest BCUT2D eigenvalue weighted by molar-refractivity contribution is -0.137. The van der Waals surface area contributed by atoms with E-state index in [2.05, 4.69) is 0 Å². The highest BCUT2D eigenvalue weighted by Gasteiger charge is 2.15. The fraction of sp³-hybridized carbons (Fsp3) is 0.385. The van der Waals surface area contributed by atoms with Gasteiger partial charge in [0.05, 0.1) is 6.42 Å². The zero-order chi connectivity index (χ0) is 13.9. The molecule has 5 heteroatoms. The van der Waals surface area contributed by atoms with E-state index in [4.69, 9.17) is 5.11 Å². The Morgan fingerprint density at radius 2 is 1.78 bits per heavy atom. The number of carbonyl (C=O) groups excluding carboxylic acids is 1. The van der Waals surface area contributed by atoms with Crippen molar-refractivity contribution in [1.82, 2.24) is 4.90 Å². The molecule has 98 valence electrons. The molecule has 1 aromatic rings. The van der Waals surface area contributed by atoms with Crippen molar-refractivity contribution in [3.63, 3.8) is 0 Å². The highest BCUT2D eigenvalue weighted by molar-refractivity contribution is 5.94. The average molecular weight is 253 g/mol. The minimum Gasteiger partial charge on any atom is -0.481 e. The predicted octanol–water partition coefficient (Wildman–Crippen LogP) is 1.99. The van der Waals surface area contributed by atoms with Gasteiger partial charge >= 0.3 is 5.97 Å². The molecular formula is C13H16FNO3.